The summed E-state index contributed by atoms with van der Waals surface area (Å²) < 4.78 is 5.09. The van der Waals surface area contributed by atoms with E-state index in [4.69, 9.17) is 4.74 Å². The van der Waals surface area contributed by atoms with Gasteiger partial charge < -0.3 is 15.2 Å². The molecule has 0 fully saturated rings. The van der Waals surface area contributed by atoms with Gasteiger partial charge in [-0.2, -0.15) is 0 Å². The number of Topliss-reactive ketones (excluding diaryl/α,β-unsaturated/α-hetero) is 1. The second-order valence-corrected chi connectivity index (χ2v) is 14.6. The molecule has 0 aromatic carbocycles. The molecule has 0 radical (unpaired) electrons. The molecule has 0 rings (SSSR count). The van der Waals surface area contributed by atoms with Gasteiger partial charge in [-0.05, 0) is 25.8 Å². The van der Waals surface area contributed by atoms with Gasteiger partial charge in [-0.25, -0.2) is 9.59 Å². The smallest absolute Gasteiger partial charge is 0.408 e. The molecule has 0 aliphatic heterocycles. The summed E-state index contributed by atoms with van der Waals surface area (Å²) in [5, 5.41) is 11.7. The Balaban J connectivity index is 5.11. The largest absolute Gasteiger partial charge is 0.480 e. The Bertz CT molecular complexity index is 488. The number of hydrogen-bond donors (Lipinski definition) is 2. The van der Waals surface area contributed by atoms with E-state index in [0.29, 0.717) is 6.04 Å². The lowest BCUT2D eigenvalue weighted by atomic mass is 9.98. The van der Waals surface area contributed by atoms with Gasteiger partial charge in [0.25, 0.3) is 0 Å². The summed E-state index contributed by atoms with van der Waals surface area (Å²) >= 11 is 0. The van der Waals surface area contributed by atoms with E-state index >= 15 is 0 Å². The Morgan fingerprint density at radius 1 is 1.08 bits per heavy atom. The van der Waals surface area contributed by atoms with Crippen molar-refractivity contribution in [3.63, 3.8) is 0 Å². The maximum absolute atomic E-state index is 12.6. The van der Waals surface area contributed by atoms with Crippen LogP contribution in [-0.4, -0.2) is 42.7 Å². The zero-order valence-corrected chi connectivity index (χ0v) is 17.4. The summed E-state index contributed by atoms with van der Waals surface area (Å²) in [6.45, 7) is 17.2. The van der Waals surface area contributed by atoms with Crippen molar-refractivity contribution in [2.45, 2.75) is 84.3 Å². The summed E-state index contributed by atoms with van der Waals surface area (Å²) in [6.07, 6.45) is -0.832. The normalized spacial score (nSPS) is 15.4. The van der Waals surface area contributed by atoms with Crippen molar-refractivity contribution >= 4 is 25.9 Å². The zero-order chi connectivity index (χ0) is 19.5. The van der Waals surface area contributed by atoms with Crippen LogP contribution >= 0.6 is 0 Å². The number of amides is 1. The predicted molar refractivity (Wildman–Crippen MR) is 97.0 cm³/mol. The molecule has 140 valence electrons. The van der Waals surface area contributed by atoms with Gasteiger partial charge in [0.2, 0.25) is 0 Å². The number of carbonyl (C=O) groups is 3. The maximum atomic E-state index is 12.6. The standard InChI is InChI=1S/C17H33NO5Si/c1-11(12(19)10-24(8,9)17(5,6)7)13(14(20)21)18-15(22)23-16(2,3)4/h11,13H,10H2,1-9H3,(H,18,22)(H,20,21)/t11-,13+/m0/s1. The molecule has 24 heavy (non-hydrogen) atoms. The van der Waals surface area contributed by atoms with Crippen molar-refractivity contribution in [1.82, 2.24) is 5.32 Å². The minimum absolute atomic E-state index is 0.0275. The van der Waals surface area contributed by atoms with Crippen LogP contribution in [0, 0.1) is 5.92 Å². The molecule has 0 spiro atoms. The first-order chi connectivity index (χ1) is 10.5. The zero-order valence-electron chi connectivity index (χ0n) is 16.4. The first kappa shape index (κ1) is 22.6. The first-order valence-electron chi connectivity index (χ1n) is 8.23. The molecule has 1 amide bonds. The number of ketones is 1. The van der Waals surface area contributed by atoms with Gasteiger partial charge in [-0.1, -0.05) is 40.8 Å². The first-order valence-corrected chi connectivity index (χ1v) is 11.4. The van der Waals surface area contributed by atoms with E-state index in [1.807, 2.05) is 0 Å². The summed E-state index contributed by atoms with van der Waals surface area (Å²) in [5.74, 6) is -2.19. The Labute approximate surface area is 146 Å². The van der Waals surface area contributed by atoms with Gasteiger partial charge >= 0.3 is 12.1 Å². The molecule has 0 heterocycles. The fraction of sp³-hybridized carbons (Fsp3) is 0.824. The topological polar surface area (TPSA) is 92.7 Å². The van der Waals surface area contributed by atoms with Crippen LogP contribution < -0.4 is 5.32 Å². The van der Waals surface area contributed by atoms with Crippen molar-refractivity contribution in [3.8, 4) is 0 Å². The summed E-state index contributed by atoms with van der Waals surface area (Å²) in [6, 6.07) is -0.922. The van der Waals surface area contributed by atoms with E-state index in [2.05, 4.69) is 39.2 Å². The van der Waals surface area contributed by atoms with Gasteiger partial charge in [-0.3, -0.25) is 4.79 Å². The molecule has 0 saturated heterocycles. The molecule has 0 aliphatic carbocycles. The molecule has 0 bridgehead atoms. The van der Waals surface area contributed by atoms with Crippen molar-refractivity contribution < 1.29 is 24.2 Å². The molecule has 0 unspecified atom stereocenters. The van der Waals surface area contributed by atoms with E-state index in [0.717, 1.165) is 0 Å². The third-order valence-corrected chi connectivity index (χ3v) is 9.89. The van der Waals surface area contributed by atoms with Crippen LogP contribution in [0.5, 0.6) is 0 Å². The molecule has 0 aliphatic rings. The molecular weight excluding hydrogens is 326 g/mol. The average molecular weight is 360 g/mol. The van der Waals surface area contributed by atoms with Gasteiger partial charge in [0.15, 0.2) is 0 Å². The van der Waals surface area contributed by atoms with Crippen LogP contribution in [0.2, 0.25) is 24.2 Å². The number of alkyl carbamates (subject to hydrolysis) is 1. The van der Waals surface area contributed by atoms with Crippen molar-refractivity contribution in [1.29, 1.82) is 0 Å². The monoisotopic (exact) mass is 359 g/mol. The van der Waals surface area contributed by atoms with Crippen LogP contribution in [0.25, 0.3) is 0 Å². The highest BCUT2D eigenvalue weighted by molar-refractivity contribution is 6.82. The molecule has 2 N–H and O–H groups in total. The molecule has 6 nitrogen and oxygen atoms in total. The van der Waals surface area contributed by atoms with Crippen LogP contribution in [0.1, 0.15) is 48.5 Å². The van der Waals surface area contributed by atoms with Gasteiger partial charge in [0.1, 0.15) is 17.4 Å². The third-order valence-electron chi connectivity index (χ3n) is 4.59. The highest BCUT2D eigenvalue weighted by atomic mass is 28.3. The van der Waals surface area contributed by atoms with E-state index in [1.54, 1.807) is 27.7 Å². The van der Waals surface area contributed by atoms with Crippen molar-refractivity contribution in [3.05, 3.63) is 0 Å². The lowest BCUT2D eigenvalue weighted by Gasteiger charge is -2.37. The second kappa shape index (κ2) is 7.67. The fourth-order valence-corrected chi connectivity index (χ4v) is 3.61. The quantitative estimate of drug-likeness (QED) is 0.706. The van der Waals surface area contributed by atoms with Crippen LogP contribution in [0.15, 0.2) is 0 Å². The van der Waals surface area contributed by atoms with Gasteiger partial charge in [-0.15, -0.1) is 0 Å². The molecule has 0 saturated carbocycles. The van der Waals surface area contributed by atoms with Crippen LogP contribution in [-0.2, 0) is 14.3 Å². The maximum Gasteiger partial charge on any atom is 0.408 e. The second-order valence-electron chi connectivity index (χ2n) is 9.03. The van der Waals surface area contributed by atoms with E-state index < -0.39 is 37.7 Å². The number of carboxylic acids is 1. The number of ether oxygens (including phenoxy) is 1. The Kier molecular flexibility index (Phi) is 7.24. The third kappa shape index (κ3) is 7.03. The highest BCUT2D eigenvalue weighted by Crippen LogP contribution is 2.39. The highest BCUT2D eigenvalue weighted by Gasteiger charge is 2.40. The Morgan fingerprint density at radius 3 is 1.88 bits per heavy atom. The number of carbonyl (C=O) groups excluding carboxylic acids is 2. The lowest BCUT2D eigenvalue weighted by molar-refractivity contribution is -0.143. The summed E-state index contributed by atoms with van der Waals surface area (Å²) in [4.78, 5) is 35.9. The van der Waals surface area contributed by atoms with Crippen molar-refractivity contribution in [2.24, 2.45) is 5.92 Å². The fourth-order valence-electron chi connectivity index (χ4n) is 1.88. The lowest BCUT2D eigenvalue weighted by Crippen LogP contribution is -2.50. The molecule has 7 heteroatoms. The van der Waals surface area contributed by atoms with Crippen LogP contribution in [0.4, 0.5) is 4.79 Å². The number of nitrogens with one attached hydrogen (secondary N) is 1. The SMILES string of the molecule is C[C@@H](C(=O)C[Si](C)(C)C(C)(C)C)[C@@H](NC(=O)OC(C)(C)C)C(=O)O. The Morgan fingerprint density at radius 2 is 1.54 bits per heavy atom. The van der Waals surface area contributed by atoms with E-state index in [-0.39, 0.29) is 10.8 Å². The predicted octanol–water partition coefficient (Wildman–Crippen LogP) is 3.68. The average Bonchev–Trinajstić information content (AvgIpc) is 2.30. The number of aliphatic carboxylic acids is 1. The summed E-state index contributed by atoms with van der Waals surface area (Å²) in [5.41, 5.74) is -0.735. The number of hydrogen-bond acceptors (Lipinski definition) is 4. The Hall–Kier alpha value is -1.37. The van der Waals surface area contributed by atoms with E-state index in [9.17, 15) is 19.5 Å². The van der Waals surface area contributed by atoms with Crippen molar-refractivity contribution in [2.75, 3.05) is 0 Å². The van der Waals surface area contributed by atoms with Gasteiger partial charge in [0, 0.05) is 12.0 Å². The van der Waals surface area contributed by atoms with Gasteiger partial charge in [0.05, 0.1) is 8.07 Å². The summed E-state index contributed by atoms with van der Waals surface area (Å²) in [7, 11) is -1.88. The minimum atomic E-state index is -1.88. The number of rotatable bonds is 6. The molecule has 2 atom stereocenters. The van der Waals surface area contributed by atoms with E-state index in [1.165, 1.54) is 0 Å². The minimum Gasteiger partial charge on any atom is -0.480 e. The molecule has 0 aromatic heterocycles. The molecule has 0 aromatic rings. The molecular formula is C17H33NO5Si. The number of carboxylic acid groups (broad SMARTS) is 1. The van der Waals surface area contributed by atoms with Crippen LogP contribution in [0.3, 0.4) is 0 Å².